The van der Waals surface area contributed by atoms with Crippen LogP contribution in [-0.2, 0) is 6.54 Å². The molecule has 94 valence electrons. The molecule has 0 aliphatic carbocycles. The Bertz CT molecular complexity index is 811. The second kappa shape index (κ2) is 4.23. The first-order valence-electron chi connectivity index (χ1n) is 5.91. The lowest BCUT2D eigenvalue weighted by Crippen LogP contribution is -2.12. The van der Waals surface area contributed by atoms with Crippen LogP contribution in [0.3, 0.4) is 0 Å². The van der Waals surface area contributed by atoms with Crippen LogP contribution in [0, 0.1) is 11.3 Å². The van der Waals surface area contributed by atoms with Crippen molar-refractivity contribution in [1.29, 1.82) is 5.26 Å². The maximum Gasteiger partial charge on any atom is 0.162 e. The van der Waals surface area contributed by atoms with Gasteiger partial charge in [-0.2, -0.15) is 5.26 Å². The smallest absolute Gasteiger partial charge is 0.162 e. The fourth-order valence-electron chi connectivity index (χ4n) is 2.18. The Kier molecular flexibility index (Phi) is 2.54. The molecule has 6 heteroatoms. The number of nitrogens with zero attached hydrogens (tertiary/aromatic N) is 4. The third-order valence-corrected chi connectivity index (χ3v) is 3.06. The fourth-order valence-corrected chi connectivity index (χ4v) is 2.18. The first-order valence-corrected chi connectivity index (χ1v) is 5.91. The van der Waals surface area contributed by atoms with Crippen LogP contribution < -0.4 is 11.5 Å². The average Bonchev–Trinajstić information content (AvgIpc) is 2.69. The van der Waals surface area contributed by atoms with E-state index in [0.717, 1.165) is 11.0 Å². The summed E-state index contributed by atoms with van der Waals surface area (Å²) in [5.74, 6) is 0.373. The van der Waals surface area contributed by atoms with E-state index < -0.39 is 0 Å². The largest absolute Gasteiger partial charge is 0.384 e. The zero-order valence-electron chi connectivity index (χ0n) is 10.2. The van der Waals surface area contributed by atoms with E-state index in [2.05, 4.69) is 16.0 Å². The normalized spacial score (nSPS) is 10.9. The lowest BCUT2D eigenvalue weighted by molar-refractivity contribution is 0.737. The highest BCUT2D eigenvalue weighted by Gasteiger charge is 2.17. The van der Waals surface area contributed by atoms with Crippen molar-refractivity contribution in [3.05, 3.63) is 29.8 Å². The minimum Gasteiger partial charge on any atom is -0.384 e. The van der Waals surface area contributed by atoms with E-state index >= 15 is 0 Å². The number of rotatable bonds is 2. The molecule has 3 rings (SSSR count). The molecule has 0 fully saturated rings. The third-order valence-electron chi connectivity index (χ3n) is 3.06. The molecule has 0 spiro atoms. The molecule has 0 saturated carbocycles. The minimum absolute atomic E-state index is 0.363. The van der Waals surface area contributed by atoms with Crippen LogP contribution in [0.2, 0.25) is 0 Å². The zero-order valence-corrected chi connectivity index (χ0v) is 10.2. The van der Waals surface area contributed by atoms with Gasteiger partial charge in [0.05, 0.1) is 11.0 Å². The Balaban J connectivity index is 2.46. The van der Waals surface area contributed by atoms with E-state index in [1.54, 1.807) is 4.57 Å². The minimum atomic E-state index is 0.363. The van der Waals surface area contributed by atoms with Crippen molar-refractivity contribution in [2.45, 2.75) is 6.54 Å². The van der Waals surface area contributed by atoms with Crippen molar-refractivity contribution in [1.82, 2.24) is 14.5 Å². The van der Waals surface area contributed by atoms with Crippen LogP contribution in [0.1, 0.15) is 5.56 Å². The van der Waals surface area contributed by atoms with Crippen molar-refractivity contribution in [2.24, 2.45) is 5.73 Å². The van der Waals surface area contributed by atoms with Crippen LogP contribution in [0.15, 0.2) is 24.3 Å². The summed E-state index contributed by atoms with van der Waals surface area (Å²) in [6.07, 6.45) is 0. The van der Waals surface area contributed by atoms with E-state index in [0.29, 0.717) is 35.6 Å². The van der Waals surface area contributed by atoms with Gasteiger partial charge in [0.2, 0.25) is 0 Å². The number of nitriles is 1. The van der Waals surface area contributed by atoms with Crippen molar-refractivity contribution >= 4 is 28.0 Å². The molecule has 2 aromatic heterocycles. The number of fused-ring (bicyclic) bond motifs is 2. The maximum atomic E-state index is 9.23. The van der Waals surface area contributed by atoms with Crippen molar-refractivity contribution in [3.63, 3.8) is 0 Å². The van der Waals surface area contributed by atoms with E-state index in [1.165, 1.54) is 0 Å². The Morgan fingerprint density at radius 3 is 2.53 bits per heavy atom. The molecule has 0 amide bonds. The van der Waals surface area contributed by atoms with Gasteiger partial charge in [-0.05, 0) is 12.1 Å². The molecule has 3 aromatic rings. The highest BCUT2D eigenvalue weighted by atomic mass is 15.1. The van der Waals surface area contributed by atoms with Gasteiger partial charge < -0.3 is 16.0 Å². The highest BCUT2D eigenvalue weighted by Crippen LogP contribution is 2.26. The lowest BCUT2D eigenvalue weighted by atomic mass is 10.2. The quantitative estimate of drug-likeness (QED) is 0.707. The Hall–Kier alpha value is -2.65. The van der Waals surface area contributed by atoms with E-state index in [-0.39, 0.29) is 0 Å². The van der Waals surface area contributed by atoms with E-state index in [1.807, 2.05) is 24.3 Å². The van der Waals surface area contributed by atoms with Crippen molar-refractivity contribution in [3.8, 4) is 6.07 Å². The van der Waals surface area contributed by atoms with Gasteiger partial charge in [-0.1, -0.05) is 12.1 Å². The lowest BCUT2D eigenvalue weighted by Gasteiger charge is -2.04. The molecule has 0 saturated heterocycles. The van der Waals surface area contributed by atoms with Gasteiger partial charge in [0.1, 0.15) is 23.0 Å². The predicted molar refractivity (Wildman–Crippen MR) is 73.2 cm³/mol. The van der Waals surface area contributed by atoms with Gasteiger partial charge in [-0.25, -0.2) is 9.97 Å². The molecule has 0 aliphatic heterocycles. The molecule has 0 radical (unpaired) electrons. The number of nitrogens with two attached hydrogens (primary N) is 2. The molecule has 4 N–H and O–H groups in total. The molecule has 0 atom stereocenters. The highest BCUT2D eigenvalue weighted by molar-refractivity contribution is 5.92. The number of aromatic nitrogens is 3. The average molecular weight is 252 g/mol. The second-order valence-corrected chi connectivity index (χ2v) is 4.20. The van der Waals surface area contributed by atoms with Gasteiger partial charge >= 0.3 is 0 Å². The predicted octanol–water partition coefficient (Wildman–Crippen LogP) is 0.997. The summed E-state index contributed by atoms with van der Waals surface area (Å²) in [5, 5.41) is 9.23. The number of benzene rings is 1. The van der Waals surface area contributed by atoms with Crippen LogP contribution in [0.4, 0.5) is 5.82 Å². The molecule has 2 heterocycles. The Morgan fingerprint density at radius 1 is 1.21 bits per heavy atom. The first kappa shape index (κ1) is 11.4. The van der Waals surface area contributed by atoms with E-state index in [9.17, 15) is 5.26 Å². The van der Waals surface area contributed by atoms with Crippen LogP contribution in [0.25, 0.3) is 22.2 Å². The number of hydrogen-bond donors (Lipinski definition) is 2. The summed E-state index contributed by atoms with van der Waals surface area (Å²) in [6, 6.07) is 9.61. The molecular weight excluding hydrogens is 240 g/mol. The van der Waals surface area contributed by atoms with Crippen molar-refractivity contribution in [2.75, 3.05) is 12.3 Å². The Morgan fingerprint density at radius 2 is 1.89 bits per heavy atom. The molecule has 19 heavy (non-hydrogen) atoms. The maximum absolute atomic E-state index is 9.23. The fraction of sp³-hybridized carbons (Fsp3) is 0.154. The number of nitrogen functional groups attached to an aromatic ring is 1. The Labute approximate surface area is 109 Å². The summed E-state index contributed by atoms with van der Waals surface area (Å²) in [6.45, 7) is 0.935. The summed E-state index contributed by atoms with van der Waals surface area (Å²) in [5.41, 5.74) is 14.6. The zero-order chi connectivity index (χ0) is 13.4. The topological polar surface area (TPSA) is 107 Å². The first-order chi connectivity index (χ1) is 9.26. The van der Waals surface area contributed by atoms with Crippen molar-refractivity contribution < 1.29 is 0 Å². The van der Waals surface area contributed by atoms with Gasteiger partial charge in [0.15, 0.2) is 5.65 Å². The van der Waals surface area contributed by atoms with Crippen LogP contribution in [-0.4, -0.2) is 21.1 Å². The molecular formula is C13H12N6. The summed E-state index contributed by atoms with van der Waals surface area (Å²) in [4.78, 5) is 9.03. The SMILES string of the molecule is N#Cc1c(N)n(CCN)c2nc3ccccc3nc12. The van der Waals surface area contributed by atoms with E-state index in [4.69, 9.17) is 11.5 Å². The third kappa shape index (κ3) is 1.60. The second-order valence-electron chi connectivity index (χ2n) is 4.20. The van der Waals surface area contributed by atoms with Crippen LogP contribution >= 0.6 is 0 Å². The standard InChI is InChI=1S/C13H12N6/c14-5-6-19-12(16)8(7-15)11-13(19)18-10-4-2-1-3-9(10)17-11/h1-4H,5-6,14,16H2. The molecule has 6 nitrogen and oxygen atoms in total. The monoisotopic (exact) mass is 252 g/mol. The van der Waals surface area contributed by atoms with Crippen LogP contribution in [0.5, 0.6) is 0 Å². The van der Waals surface area contributed by atoms with Gasteiger partial charge in [0, 0.05) is 13.1 Å². The molecule has 0 bridgehead atoms. The van der Waals surface area contributed by atoms with Gasteiger partial charge in [-0.15, -0.1) is 0 Å². The number of hydrogen-bond acceptors (Lipinski definition) is 5. The summed E-state index contributed by atoms with van der Waals surface area (Å²) in [7, 11) is 0. The summed E-state index contributed by atoms with van der Waals surface area (Å²) < 4.78 is 1.74. The van der Waals surface area contributed by atoms with Gasteiger partial charge in [-0.3, -0.25) is 0 Å². The summed E-state index contributed by atoms with van der Waals surface area (Å²) >= 11 is 0. The number of para-hydroxylation sites is 2. The molecule has 1 aromatic carbocycles. The molecule has 0 unspecified atom stereocenters. The molecule has 0 aliphatic rings. The number of anilines is 1. The van der Waals surface area contributed by atoms with Gasteiger partial charge in [0.25, 0.3) is 0 Å².